The van der Waals surface area contributed by atoms with Crippen molar-refractivity contribution in [3.05, 3.63) is 24.5 Å². The van der Waals surface area contributed by atoms with E-state index >= 15 is 0 Å². The Balaban J connectivity index is 2.95. The van der Waals surface area contributed by atoms with E-state index in [4.69, 9.17) is 5.11 Å². The van der Waals surface area contributed by atoms with Gasteiger partial charge in [-0.1, -0.05) is 11.3 Å². The topological polar surface area (TPSA) is 68.0 Å². The molecule has 0 saturated carbocycles. The van der Waals surface area contributed by atoms with Gasteiger partial charge < -0.3 is 5.11 Å². The third-order valence-electron chi connectivity index (χ3n) is 1.14. The Morgan fingerprint density at radius 2 is 2.64 bits per heavy atom. The lowest BCUT2D eigenvalue weighted by molar-refractivity contribution is 0.0684. The lowest BCUT2D eigenvalue weighted by atomic mass is 10.4. The Labute approximate surface area is 63.0 Å². The van der Waals surface area contributed by atoms with Crippen LogP contribution in [0.15, 0.2) is 18.9 Å². The minimum absolute atomic E-state index is 0.0740. The standard InChI is InChI=1S/C6H7N3O2/c1-2-3-9-5(6(10)11)4-7-8-9/h2,4H,1,3H2,(H,10,11). The first-order valence-electron chi connectivity index (χ1n) is 2.98. The van der Waals surface area contributed by atoms with E-state index in [0.717, 1.165) is 0 Å². The summed E-state index contributed by atoms with van der Waals surface area (Å²) in [7, 11) is 0. The molecule has 0 bridgehead atoms. The zero-order valence-corrected chi connectivity index (χ0v) is 5.77. The van der Waals surface area contributed by atoms with Crippen LogP contribution in [0, 0.1) is 0 Å². The van der Waals surface area contributed by atoms with Gasteiger partial charge in [-0.25, -0.2) is 9.48 Å². The SMILES string of the molecule is C=CCn1nncc1C(=O)O. The molecule has 1 aromatic rings. The van der Waals surface area contributed by atoms with Crippen LogP contribution in [0.3, 0.4) is 0 Å². The lowest BCUT2D eigenvalue weighted by Crippen LogP contribution is -2.08. The maximum Gasteiger partial charge on any atom is 0.355 e. The second kappa shape index (κ2) is 2.96. The summed E-state index contributed by atoms with van der Waals surface area (Å²) in [6.07, 6.45) is 2.76. The summed E-state index contributed by atoms with van der Waals surface area (Å²) in [5.74, 6) is -1.03. The highest BCUT2D eigenvalue weighted by Crippen LogP contribution is 1.95. The zero-order chi connectivity index (χ0) is 8.27. The second-order valence-electron chi connectivity index (χ2n) is 1.90. The molecule has 0 saturated heterocycles. The maximum absolute atomic E-state index is 10.4. The van der Waals surface area contributed by atoms with Crippen molar-refractivity contribution in [1.82, 2.24) is 15.0 Å². The number of nitrogens with zero attached hydrogens (tertiary/aromatic N) is 3. The lowest BCUT2D eigenvalue weighted by Gasteiger charge is -1.95. The fourth-order valence-corrected chi connectivity index (χ4v) is 0.680. The average Bonchev–Trinajstić information content (AvgIpc) is 2.36. The summed E-state index contributed by atoms with van der Waals surface area (Å²) in [5.41, 5.74) is 0.0740. The second-order valence-corrected chi connectivity index (χ2v) is 1.90. The fourth-order valence-electron chi connectivity index (χ4n) is 0.680. The van der Waals surface area contributed by atoms with Gasteiger partial charge in [0.2, 0.25) is 0 Å². The van der Waals surface area contributed by atoms with Gasteiger partial charge >= 0.3 is 5.97 Å². The van der Waals surface area contributed by atoms with Gasteiger partial charge in [-0.05, 0) is 0 Å². The minimum atomic E-state index is -1.03. The molecule has 1 heterocycles. The Kier molecular flexibility index (Phi) is 2.00. The number of rotatable bonds is 3. The van der Waals surface area contributed by atoms with Crippen LogP contribution in [0.2, 0.25) is 0 Å². The maximum atomic E-state index is 10.4. The monoisotopic (exact) mass is 153 g/mol. The predicted molar refractivity (Wildman–Crippen MR) is 37.2 cm³/mol. The molecule has 0 unspecified atom stereocenters. The van der Waals surface area contributed by atoms with Gasteiger partial charge in [0.1, 0.15) is 0 Å². The molecular formula is C6H7N3O2. The molecule has 5 heteroatoms. The third-order valence-corrected chi connectivity index (χ3v) is 1.14. The molecule has 11 heavy (non-hydrogen) atoms. The molecular weight excluding hydrogens is 146 g/mol. The van der Waals surface area contributed by atoms with E-state index in [-0.39, 0.29) is 5.69 Å². The molecule has 0 amide bonds. The quantitative estimate of drug-likeness (QED) is 0.628. The first kappa shape index (κ1) is 7.46. The molecule has 0 atom stereocenters. The molecule has 0 aliphatic rings. The van der Waals surface area contributed by atoms with E-state index in [1.807, 2.05) is 0 Å². The normalized spacial score (nSPS) is 9.45. The molecule has 0 radical (unpaired) electrons. The van der Waals surface area contributed by atoms with Gasteiger partial charge in [0.05, 0.1) is 12.7 Å². The van der Waals surface area contributed by atoms with Crippen molar-refractivity contribution in [3.8, 4) is 0 Å². The van der Waals surface area contributed by atoms with Crippen molar-refractivity contribution >= 4 is 5.97 Å². The van der Waals surface area contributed by atoms with E-state index in [9.17, 15) is 4.79 Å². The van der Waals surface area contributed by atoms with Crippen LogP contribution in [0.4, 0.5) is 0 Å². The summed E-state index contributed by atoms with van der Waals surface area (Å²) in [6.45, 7) is 3.82. The number of hydrogen-bond donors (Lipinski definition) is 1. The minimum Gasteiger partial charge on any atom is -0.476 e. The van der Waals surface area contributed by atoms with Crippen molar-refractivity contribution in [2.45, 2.75) is 6.54 Å². The highest BCUT2D eigenvalue weighted by molar-refractivity contribution is 5.85. The number of aromatic nitrogens is 3. The molecule has 0 aliphatic carbocycles. The number of carbonyl (C=O) groups is 1. The van der Waals surface area contributed by atoms with Gasteiger partial charge in [0.25, 0.3) is 0 Å². The van der Waals surface area contributed by atoms with Crippen LogP contribution in [0.25, 0.3) is 0 Å². The summed E-state index contributed by atoms with van der Waals surface area (Å²) in [5, 5.41) is 15.5. The first-order chi connectivity index (χ1) is 5.25. The molecule has 1 rings (SSSR count). The molecule has 58 valence electrons. The van der Waals surface area contributed by atoms with Gasteiger partial charge in [0, 0.05) is 0 Å². The molecule has 1 aromatic heterocycles. The van der Waals surface area contributed by atoms with Crippen LogP contribution in [0.5, 0.6) is 0 Å². The van der Waals surface area contributed by atoms with Crippen LogP contribution < -0.4 is 0 Å². The van der Waals surface area contributed by atoms with Crippen LogP contribution >= 0.6 is 0 Å². The summed E-state index contributed by atoms with van der Waals surface area (Å²) in [4.78, 5) is 10.4. The molecule has 5 nitrogen and oxygen atoms in total. The number of allylic oxidation sites excluding steroid dienone is 1. The van der Waals surface area contributed by atoms with Crippen molar-refractivity contribution < 1.29 is 9.90 Å². The van der Waals surface area contributed by atoms with Crippen LogP contribution in [-0.2, 0) is 6.54 Å². The number of carboxylic acid groups (broad SMARTS) is 1. The van der Waals surface area contributed by atoms with Crippen molar-refractivity contribution in [2.75, 3.05) is 0 Å². The number of hydrogen-bond acceptors (Lipinski definition) is 3. The summed E-state index contributed by atoms with van der Waals surface area (Å²) in [6, 6.07) is 0. The third kappa shape index (κ3) is 1.43. The van der Waals surface area contributed by atoms with E-state index in [1.165, 1.54) is 10.9 Å². The molecule has 0 fully saturated rings. The Morgan fingerprint density at radius 3 is 3.18 bits per heavy atom. The van der Waals surface area contributed by atoms with E-state index in [1.54, 1.807) is 6.08 Å². The summed E-state index contributed by atoms with van der Waals surface area (Å²) < 4.78 is 1.26. The van der Waals surface area contributed by atoms with Crippen molar-refractivity contribution in [2.24, 2.45) is 0 Å². The summed E-state index contributed by atoms with van der Waals surface area (Å²) >= 11 is 0. The number of carboxylic acids is 1. The Bertz CT molecular complexity index is 279. The largest absolute Gasteiger partial charge is 0.476 e. The van der Waals surface area contributed by atoms with Gasteiger partial charge in [-0.2, -0.15) is 0 Å². The fraction of sp³-hybridized carbons (Fsp3) is 0.167. The van der Waals surface area contributed by atoms with Crippen molar-refractivity contribution in [3.63, 3.8) is 0 Å². The van der Waals surface area contributed by atoms with E-state index < -0.39 is 5.97 Å². The first-order valence-corrected chi connectivity index (χ1v) is 2.98. The zero-order valence-electron chi connectivity index (χ0n) is 5.77. The van der Waals surface area contributed by atoms with Gasteiger partial charge in [0.15, 0.2) is 5.69 Å². The van der Waals surface area contributed by atoms with Crippen LogP contribution in [0.1, 0.15) is 10.5 Å². The van der Waals surface area contributed by atoms with Crippen molar-refractivity contribution in [1.29, 1.82) is 0 Å². The number of aromatic carboxylic acids is 1. The van der Waals surface area contributed by atoms with Gasteiger partial charge in [-0.3, -0.25) is 0 Å². The molecule has 0 spiro atoms. The Hall–Kier alpha value is -1.65. The van der Waals surface area contributed by atoms with Crippen LogP contribution in [-0.4, -0.2) is 26.1 Å². The molecule has 0 aromatic carbocycles. The highest BCUT2D eigenvalue weighted by Gasteiger charge is 2.08. The smallest absolute Gasteiger partial charge is 0.355 e. The molecule has 1 N–H and O–H groups in total. The highest BCUT2D eigenvalue weighted by atomic mass is 16.4. The van der Waals surface area contributed by atoms with Gasteiger partial charge in [-0.15, -0.1) is 11.7 Å². The van der Waals surface area contributed by atoms with E-state index in [0.29, 0.717) is 6.54 Å². The van der Waals surface area contributed by atoms with E-state index in [2.05, 4.69) is 16.9 Å². The molecule has 0 aliphatic heterocycles. The average molecular weight is 153 g/mol. The predicted octanol–water partition coefficient (Wildman–Crippen LogP) is 0.162. The Morgan fingerprint density at radius 1 is 1.91 bits per heavy atom.